The number of ether oxygens (including phenoxy) is 1. The summed E-state index contributed by atoms with van der Waals surface area (Å²) in [5, 5.41) is 4.28. The molecule has 1 aliphatic rings. The van der Waals surface area contributed by atoms with Crippen molar-refractivity contribution in [3.05, 3.63) is 111 Å². The molecule has 38 heavy (non-hydrogen) atoms. The highest BCUT2D eigenvalue weighted by atomic mass is 79.9. The van der Waals surface area contributed by atoms with Gasteiger partial charge in [-0.3, -0.25) is 19.3 Å². The maximum Gasteiger partial charge on any atom is 0.294 e. The molecule has 0 atom stereocenters. The van der Waals surface area contributed by atoms with Crippen LogP contribution in [0.4, 0.5) is 14.9 Å². The molecule has 190 valence electrons. The fourth-order valence-electron chi connectivity index (χ4n) is 3.96. The third-order valence-electron chi connectivity index (χ3n) is 5.82. The molecule has 3 amide bonds. The normalized spacial score (nSPS) is 14.4. The SMILES string of the molecule is O=C(CN1C(=O)S/C(=C\c2ccc(OCc3cccc4ccccc34)c(Br)c2)C1=O)Nc1ccc(F)cc1. The fourth-order valence-corrected chi connectivity index (χ4v) is 5.31. The summed E-state index contributed by atoms with van der Waals surface area (Å²) < 4.78 is 19.8. The van der Waals surface area contributed by atoms with Crippen LogP contribution in [0.3, 0.4) is 0 Å². The lowest BCUT2D eigenvalue weighted by Gasteiger charge is -2.12. The molecule has 4 aromatic rings. The van der Waals surface area contributed by atoms with E-state index < -0.39 is 29.4 Å². The Bertz CT molecular complexity index is 1580. The summed E-state index contributed by atoms with van der Waals surface area (Å²) in [5.41, 5.74) is 2.12. The van der Waals surface area contributed by atoms with Crippen molar-refractivity contribution in [2.75, 3.05) is 11.9 Å². The van der Waals surface area contributed by atoms with Gasteiger partial charge in [0.2, 0.25) is 5.91 Å². The van der Waals surface area contributed by atoms with Crippen LogP contribution in [-0.4, -0.2) is 28.5 Å². The number of imide groups is 1. The highest BCUT2D eigenvalue weighted by Crippen LogP contribution is 2.34. The second-order valence-corrected chi connectivity index (χ2v) is 10.3. The van der Waals surface area contributed by atoms with Gasteiger partial charge in [-0.05, 0) is 92.1 Å². The van der Waals surface area contributed by atoms with E-state index in [-0.39, 0.29) is 4.91 Å². The van der Waals surface area contributed by atoms with E-state index in [4.69, 9.17) is 4.74 Å². The third-order valence-corrected chi connectivity index (χ3v) is 7.35. The van der Waals surface area contributed by atoms with Crippen LogP contribution >= 0.6 is 27.7 Å². The zero-order chi connectivity index (χ0) is 26.6. The first-order chi connectivity index (χ1) is 18.4. The standard InChI is InChI=1S/C29H20BrFN2O4S/c30-24-14-18(8-13-25(24)37-17-20-6-3-5-19-4-1-2-7-23(19)20)15-26-28(35)33(29(36)38-26)16-27(34)32-22-11-9-21(31)10-12-22/h1-15H,16-17H2,(H,32,34)/b26-15-. The monoisotopic (exact) mass is 590 g/mol. The molecule has 5 rings (SSSR count). The minimum absolute atomic E-state index is 0.209. The number of rotatable bonds is 7. The Morgan fingerprint density at radius 2 is 1.76 bits per heavy atom. The van der Waals surface area contributed by atoms with Gasteiger partial charge in [0.15, 0.2) is 0 Å². The second-order valence-electron chi connectivity index (χ2n) is 8.44. The quantitative estimate of drug-likeness (QED) is 0.235. The average molecular weight is 591 g/mol. The zero-order valence-corrected chi connectivity index (χ0v) is 22.2. The Balaban J connectivity index is 1.24. The van der Waals surface area contributed by atoms with E-state index in [1.807, 2.05) is 24.3 Å². The molecule has 0 aliphatic carbocycles. The zero-order valence-electron chi connectivity index (χ0n) is 19.8. The molecule has 0 aromatic heterocycles. The molecule has 9 heteroatoms. The Morgan fingerprint density at radius 1 is 1.00 bits per heavy atom. The fraction of sp³-hybridized carbons (Fsp3) is 0.0690. The number of thioether (sulfide) groups is 1. The van der Waals surface area contributed by atoms with E-state index in [9.17, 15) is 18.8 Å². The average Bonchev–Trinajstić information content (AvgIpc) is 3.16. The van der Waals surface area contributed by atoms with Crippen LogP contribution in [0.15, 0.2) is 94.3 Å². The minimum atomic E-state index is -0.560. The lowest BCUT2D eigenvalue weighted by molar-refractivity contribution is -0.127. The van der Waals surface area contributed by atoms with Crippen molar-refractivity contribution in [2.24, 2.45) is 0 Å². The highest BCUT2D eigenvalue weighted by molar-refractivity contribution is 9.10. The predicted molar refractivity (Wildman–Crippen MR) is 150 cm³/mol. The van der Waals surface area contributed by atoms with Crippen LogP contribution < -0.4 is 10.1 Å². The van der Waals surface area contributed by atoms with Gasteiger partial charge in [-0.25, -0.2) is 4.39 Å². The first-order valence-corrected chi connectivity index (χ1v) is 13.2. The van der Waals surface area contributed by atoms with Gasteiger partial charge < -0.3 is 10.1 Å². The number of anilines is 1. The largest absolute Gasteiger partial charge is 0.488 e. The molecule has 1 heterocycles. The van der Waals surface area contributed by atoms with Gasteiger partial charge in [0.25, 0.3) is 11.1 Å². The van der Waals surface area contributed by atoms with Gasteiger partial charge in [0, 0.05) is 5.69 Å². The van der Waals surface area contributed by atoms with E-state index in [0.717, 1.165) is 33.0 Å². The van der Waals surface area contributed by atoms with E-state index in [1.54, 1.807) is 24.3 Å². The maximum absolute atomic E-state index is 13.1. The Labute approximate surface area is 230 Å². The van der Waals surface area contributed by atoms with Crippen molar-refractivity contribution < 1.29 is 23.5 Å². The number of hydrogen-bond donors (Lipinski definition) is 1. The van der Waals surface area contributed by atoms with Gasteiger partial charge in [0.05, 0.1) is 9.38 Å². The number of benzene rings is 4. The number of hydrogen-bond acceptors (Lipinski definition) is 5. The molecule has 1 aliphatic heterocycles. The van der Waals surface area contributed by atoms with Crippen molar-refractivity contribution in [1.82, 2.24) is 4.90 Å². The van der Waals surface area contributed by atoms with Gasteiger partial charge in [-0.2, -0.15) is 0 Å². The number of carbonyl (C=O) groups excluding carboxylic acids is 3. The first-order valence-electron chi connectivity index (χ1n) is 11.6. The maximum atomic E-state index is 13.1. The van der Waals surface area contributed by atoms with Crippen LogP contribution in [0.2, 0.25) is 0 Å². The Morgan fingerprint density at radius 3 is 2.55 bits per heavy atom. The number of amides is 3. The van der Waals surface area contributed by atoms with E-state index in [0.29, 0.717) is 28.1 Å². The molecule has 0 bridgehead atoms. The van der Waals surface area contributed by atoms with Crippen molar-refractivity contribution in [1.29, 1.82) is 0 Å². The molecule has 4 aromatic carbocycles. The van der Waals surface area contributed by atoms with E-state index in [2.05, 4.69) is 39.4 Å². The van der Waals surface area contributed by atoms with Crippen molar-refractivity contribution in [2.45, 2.75) is 6.61 Å². The summed E-state index contributed by atoms with van der Waals surface area (Å²) >= 11 is 4.30. The van der Waals surface area contributed by atoms with Gasteiger partial charge in [0.1, 0.15) is 24.7 Å². The lowest BCUT2D eigenvalue weighted by Crippen LogP contribution is -2.36. The molecule has 0 unspecified atom stereocenters. The number of carbonyl (C=O) groups is 3. The van der Waals surface area contributed by atoms with Gasteiger partial charge in [-0.1, -0.05) is 48.5 Å². The van der Waals surface area contributed by atoms with Crippen LogP contribution in [0.1, 0.15) is 11.1 Å². The summed E-state index contributed by atoms with van der Waals surface area (Å²) in [4.78, 5) is 38.7. The van der Waals surface area contributed by atoms with E-state index in [1.165, 1.54) is 24.3 Å². The molecule has 1 fully saturated rings. The number of fused-ring (bicyclic) bond motifs is 1. The number of nitrogens with zero attached hydrogens (tertiary/aromatic N) is 1. The molecule has 0 radical (unpaired) electrons. The smallest absolute Gasteiger partial charge is 0.294 e. The minimum Gasteiger partial charge on any atom is -0.488 e. The molecule has 6 nitrogen and oxygen atoms in total. The van der Waals surface area contributed by atoms with Crippen LogP contribution in [-0.2, 0) is 16.2 Å². The molecule has 0 spiro atoms. The summed E-state index contributed by atoms with van der Waals surface area (Å²) in [7, 11) is 0. The number of nitrogens with one attached hydrogen (secondary N) is 1. The van der Waals surface area contributed by atoms with Crippen molar-refractivity contribution in [3.63, 3.8) is 0 Å². The summed E-state index contributed by atoms with van der Waals surface area (Å²) in [5.74, 6) is -0.909. The van der Waals surface area contributed by atoms with Crippen molar-refractivity contribution in [3.8, 4) is 5.75 Å². The van der Waals surface area contributed by atoms with E-state index >= 15 is 0 Å². The first kappa shape index (κ1) is 25.7. The highest BCUT2D eigenvalue weighted by Gasteiger charge is 2.36. The molecule has 1 N–H and O–H groups in total. The molecule has 0 saturated carbocycles. The number of halogens is 2. The van der Waals surface area contributed by atoms with Crippen LogP contribution in [0.5, 0.6) is 5.75 Å². The van der Waals surface area contributed by atoms with Gasteiger partial charge >= 0.3 is 0 Å². The van der Waals surface area contributed by atoms with Gasteiger partial charge in [-0.15, -0.1) is 0 Å². The second kappa shape index (κ2) is 11.2. The molecule has 1 saturated heterocycles. The van der Waals surface area contributed by atoms with Crippen molar-refractivity contribution >= 4 is 67.3 Å². The third kappa shape index (κ3) is 5.79. The Kier molecular flexibility index (Phi) is 7.57. The lowest BCUT2D eigenvalue weighted by atomic mass is 10.1. The summed E-state index contributed by atoms with van der Waals surface area (Å²) in [6.07, 6.45) is 1.60. The summed E-state index contributed by atoms with van der Waals surface area (Å²) in [6, 6.07) is 24.8. The Hall–Kier alpha value is -3.95. The molecular formula is C29H20BrFN2O4S. The topological polar surface area (TPSA) is 75.7 Å². The predicted octanol–water partition coefficient (Wildman–Crippen LogP) is 7.00. The molecular weight excluding hydrogens is 571 g/mol. The van der Waals surface area contributed by atoms with Crippen LogP contribution in [0.25, 0.3) is 16.8 Å². The van der Waals surface area contributed by atoms with Crippen LogP contribution in [0, 0.1) is 5.82 Å². The summed E-state index contributed by atoms with van der Waals surface area (Å²) in [6.45, 7) is -0.0534.